The van der Waals surface area contributed by atoms with Crippen LogP contribution in [0.4, 0.5) is 0 Å². The second-order valence-corrected chi connectivity index (χ2v) is 7.81. The summed E-state index contributed by atoms with van der Waals surface area (Å²) in [6.07, 6.45) is 9.90. The van der Waals surface area contributed by atoms with E-state index < -0.39 is 0 Å². The van der Waals surface area contributed by atoms with Crippen LogP contribution in [0.25, 0.3) is 0 Å². The van der Waals surface area contributed by atoms with Crippen LogP contribution in [-0.4, -0.2) is 47.6 Å². The first kappa shape index (κ1) is 17.2. The molecule has 0 N–H and O–H groups in total. The van der Waals surface area contributed by atoms with Crippen LogP contribution in [0.5, 0.6) is 0 Å². The van der Waals surface area contributed by atoms with Crippen molar-refractivity contribution in [1.29, 1.82) is 0 Å². The first-order chi connectivity index (χ1) is 10.4. The second-order valence-electron chi connectivity index (χ2n) is 7.81. The van der Waals surface area contributed by atoms with Crippen LogP contribution in [0.1, 0.15) is 52.1 Å². The van der Waals surface area contributed by atoms with Gasteiger partial charge in [-0.3, -0.25) is 4.68 Å². The highest BCUT2D eigenvalue weighted by molar-refractivity contribution is 5.64. The highest BCUT2D eigenvalue weighted by atomic mass is 15.3. The van der Waals surface area contributed by atoms with Crippen LogP contribution < -0.4 is 0 Å². The summed E-state index contributed by atoms with van der Waals surface area (Å²) in [5.41, 5.74) is 1.54. The molecule has 0 amide bonds. The molecule has 1 aromatic heterocycles. The maximum Gasteiger partial charge on any atom is 0.0543 e. The van der Waals surface area contributed by atoms with Gasteiger partial charge in [-0.1, -0.05) is 27.7 Å². The molecule has 0 spiro atoms. The summed E-state index contributed by atoms with van der Waals surface area (Å²) < 4.78 is 2.20. The van der Waals surface area contributed by atoms with Gasteiger partial charge in [-0.15, -0.1) is 0 Å². The molecule has 4 heteroatoms. The van der Waals surface area contributed by atoms with Crippen LogP contribution in [0, 0.1) is 11.3 Å². The molecule has 1 saturated heterocycles. The molecule has 0 radical (unpaired) electrons. The monoisotopic (exact) mass is 304 g/mol. The van der Waals surface area contributed by atoms with E-state index in [1.807, 2.05) is 13.2 Å². The lowest BCUT2D eigenvalue weighted by Gasteiger charge is -2.36. The third-order valence-electron chi connectivity index (χ3n) is 4.34. The number of aromatic nitrogens is 2. The number of aliphatic imine (C=N–C) groups is 1. The summed E-state index contributed by atoms with van der Waals surface area (Å²) in [5.74, 6) is 0.696. The van der Waals surface area contributed by atoms with Gasteiger partial charge < -0.3 is 9.89 Å². The van der Waals surface area contributed by atoms with Crippen molar-refractivity contribution in [1.82, 2.24) is 14.7 Å². The summed E-state index contributed by atoms with van der Waals surface area (Å²) in [5, 5.41) is 4.60. The normalized spacial score (nSPS) is 18.6. The lowest BCUT2D eigenvalue weighted by Crippen LogP contribution is -2.41. The van der Waals surface area contributed by atoms with Crippen molar-refractivity contribution in [2.45, 2.75) is 53.0 Å². The molecule has 22 heavy (non-hydrogen) atoms. The van der Waals surface area contributed by atoms with Gasteiger partial charge in [-0.05, 0) is 30.7 Å². The predicted molar refractivity (Wildman–Crippen MR) is 93.7 cm³/mol. The molecule has 0 aliphatic carbocycles. The fourth-order valence-electron chi connectivity index (χ4n) is 3.46. The first-order valence-corrected chi connectivity index (χ1v) is 8.58. The molecule has 2 rings (SSSR count). The fraction of sp³-hybridized carbons (Fsp3) is 0.778. The zero-order valence-corrected chi connectivity index (χ0v) is 14.9. The maximum atomic E-state index is 4.60. The second kappa shape index (κ2) is 7.40. The minimum Gasteiger partial charge on any atom is -0.302 e. The Kier molecular flexibility index (Phi) is 5.79. The van der Waals surface area contributed by atoms with E-state index >= 15 is 0 Å². The minimum absolute atomic E-state index is 0.164. The lowest BCUT2D eigenvalue weighted by atomic mass is 9.93. The van der Waals surface area contributed by atoms with Crippen molar-refractivity contribution < 1.29 is 0 Å². The number of likely N-dealkylation sites (tertiary alicyclic amines) is 1. The molecule has 0 aromatic carbocycles. The van der Waals surface area contributed by atoms with Gasteiger partial charge in [0.1, 0.15) is 0 Å². The summed E-state index contributed by atoms with van der Waals surface area (Å²) in [6, 6.07) is 0.570. The average Bonchev–Trinajstić information content (AvgIpc) is 2.86. The topological polar surface area (TPSA) is 33.4 Å². The molecule has 1 aliphatic rings. The Morgan fingerprint density at radius 2 is 2.05 bits per heavy atom. The zero-order chi connectivity index (χ0) is 16.2. The molecule has 1 fully saturated rings. The van der Waals surface area contributed by atoms with Gasteiger partial charge in [0.15, 0.2) is 0 Å². The minimum atomic E-state index is 0.164. The van der Waals surface area contributed by atoms with Crippen LogP contribution in [0.15, 0.2) is 17.4 Å². The SMILES string of the molecule is C/N=C/C(C)(C)CN1CCC(n2cc(CC(C)C)cn2)CC1. The lowest BCUT2D eigenvalue weighted by molar-refractivity contribution is 0.152. The predicted octanol–water partition coefficient (Wildman–Crippen LogP) is 3.45. The van der Waals surface area contributed by atoms with Gasteiger partial charge >= 0.3 is 0 Å². The summed E-state index contributed by atoms with van der Waals surface area (Å²) in [6.45, 7) is 12.5. The number of piperidine rings is 1. The van der Waals surface area contributed by atoms with E-state index in [9.17, 15) is 0 Å². The van der Waals surface area contributed by atoms with Crippen molar-refractivity contribution in [2.24, 2.45) is 16.3 Å². The first-order valence-electron chi connectivity index (χ1n) is 8.58. The Hall–Kier alpha value is -1.16. The molecular weight excluding hydrogens is 272 g/mol. The molecule has 4 nitrogen and oxygen atoms in total. The van der Waals surface area contributed by atoms with E-state index in [2.05, 4.69) is 59.8 Å². The molecular formula is C18H32N4. The van der Waals surface area contributed by atoms with Gasteiger partial charge in [0.2, 0.25) is 0 Å². The van der Waals surface area contributed by atoms with Crippen LogP contribution in [0.2, 0.25) is 0 Å². The van der Waals surface area contributed by atoms with E-state index in [0.29, 0.717) is 12.0 Å². The van der Waals surface area contributed by atoms with Gasteiger partial charge in [-0.25, -0.2) is 0 Å². The maximum absolute atomic E-state index is 4.60. The van der Waals surface area contributed by atoms with E-state index in [1.165, 1.54) is 18.4 Å². The fourth-order valence-corrected chi connectivity index (χ4v) is 3.46. The molecule has 0 unspecified atom stereocenters. The average molecular weight is 304 g/mol. The Bertz CT molecular complexity index is 479. The van der Waals surface area contributed by atoms with Gasteiger partial charge in [0, 0.05) is 44.5 Å². The Labute approximate surface area is 135 Å². The Morgan fingerprint density at radius 3 is 2.64 bits per heavy atom. The Balaban J connectivity index is 1.85. The largest absolute Gasteiger partial charge is 0.302 e. The standard InChI is InChI=1S/C18H32N4/c1-15(2)10-16-11-20-22(12-16)17-6-8-21(9-7-17)14-18(3,4)13-19-5/h11-13,15,17H,6-10,14H2,1-5H3/b19-13+. The van der Waals surface area contributed by atoms with Crippen molar-refractivity contribution in [2.75, 3.05) is 26.7 Å². The van der Waals surface area contributed by atoms with Gasteiger partial charge in [-0.2, -0.15) is 5.10 Å². The smallest absolute Gasteiger partial charge is 0.0543 e. The molecule has 2 heterocycles. The summed E-state index contributed by atoms with van der Waals surface area (Å²) >= 11 is 0. The highest BCUT2D eigenvalue weighted by Crippen LogP contribution is 2.25. The Morgan fingerprint density at radius 1 is 1.36 bits per heavy atom. The number of nitrogens with zero attached hydrogens (tertiary/aromatic N) is 4. The molecule has 124 valence electrons. The van der Waals surface area contributed by atoms with Gasteiger partial charge in [0.05, 0.1) is 12.2 Å². The molecule has 1 aromatic rings. The zero-order valence-electron chi connectivity index (χ0n) is 14.9. The molecule has 0 saturated carbocycles. The number of hydrogen-bond acceptors (Lipinski definition) is 3. The van der Waals surface area contributed by atoms with Crippen LogP contribution in [-0.2, 0) is 6.42 Å². The third kappa shape index (κ3) is 4.94. The quantitative estimate of drug-likeness (QED) is 0.754. The van der Waals surface area contributed by atoms with Crippen molar-refractivity contribution in [3.8, 4) is 0 Å². The molecule has 0 bridgehead atoms. The molecule has 0 atom stereocenters. The van der Waals surface area contributed by atoms with Crippen molar-refractivity contribution in [3.63, 3.8) is 0 Å². The van der Waals surface area contributed by atoms with Crippen LogP contribution >= 0.6 is 0 Å². The highest BCUT2D eigenvalue weighted by Gasteiger charge is 2.25. The van der Waals surface area contributed by atoms with E-state index in [1.54, 1.807) is 0 Å². The molecule has 1 aliphatic heterocycles. The van der Waals surface area contributed by atoms with E-state index in [4.69, 9.17) is 0 Å². The van der Waals surface area contributed by atoms with Crippen molar-refractivity contribution in [3.05, 3.63) is 18.0 Å². The summed E-state index contributed by atoms with van der Waals surface area (Å²) in [7, 11) is 1.86. The van der Waals surface area contributed by atoms with Gasteiger partial charge in [0.25, 0.3) is 0 Å². The van der Waals surface area contributed by atoms with E-state index in [0.717, 1.165) is 26.1 Å². The van der Waals surface area contributed by atoms with Crippen molar-refractivity contribution >= 4 is 6.21 Å². The van der Waals surface area contributed by atoms with E-state index in [-0.39, 0.29) is 5.41 Å². The van der Waals surface area contributed by atoms with Crippen LogP contribution in [0.3, 0.4) is 0 Å². The number of hydrogen-bond donors (Lipinski definition) is 0. The third-order valence-corrected chi connectivity index (χ3v) is 4.34. The number of rotatable bonds is 6. The summed E-state index contributed by atoms with van der Waals surface area (Å²) in [4.78, 5) is 6.76.